The molecule has 0 atom stereocenters. The molecule has 2 aromatic heterocycles. The molecule has 0 radical (unpaired) electrons. The summed E-state index contributed by atoms with van der Waals surface area (Å²) in [6.07, 6.45) is 1.71. The Labute approximate surface area is 198 Å². The Morgan fingerprint density at radius 1 is 0.765 bits per heavy atom. The maximum Gasteiger partial charge on any atom is 0.291 e. The molecular formula is C23H23N3O7S. The van der Waals surface area contributed by atoms with Gasteiger partial charge in [0, 0.05) is 17.2 Å². The normalized spacial score (nSPS) is 11.5. The summed E-state index contributed by atoms with van der Waals surface area (Å²) in [6, 6.07) is 6.91. The second kappa shape index (κ2) is 9.48. The summed E-state index contributed by atoms with van der Waals surface area (Å²) >= 11 is 1.21. The number of ether oxygens (including phenoxy) is 6. The first-order valence-electron chi connectivity index (χ1n) is 9.99. The van der Waals surface area contributed by atoms with Gasteiger partial charge in [0.25, 0.3) is 5.56 Å². The zero-order valence-corrected chi connectivity index (χ0v) is 20.3. The van der Waals surface area contributed by atoms with Gasteiger partial charge in [-0.15, -0.1) is 5.10 Å². The number of methoxy groups -OCH3 is 6. The van der Waals surface area contributed by atoms with Crippen molar-refractivity contribution in [3.8, 4) is 45.9 Å². The summed E-state index contributed by atoms with van der Waals surface area (Å²) < 4.78 is 34.0. The van der Waals surface area contributed by atoms with E-state index in [-0.39, 0.29) is 5.56 Å². The molecule has 11 heteroatoms. The van der Waals surface area contributed by atoms with Gasteiger partial charge in [0.2, 0.25) is 10.7 Å². The summed E-state index contributed by atoms with van der Waals surface area (Å²) in [5.41, 5.74) is 0.978. The van der Waals surface area contributed by atoms with E-state index in [9.17, 15) is 4.79 Å². The van der Waals surface area contributed by atoms with Gasteiger partial charge >= 0.3 is 0 Å². The van der Waals surface area contributed by atoms with Crippen molar-refractivity contribution in [2.24, 2.45) is 0 Å². The van der Waals surface area contributed by atoms with Gasteiger partial charge in [-0.2, -0.15) is 9.50 Å². The number of benzene rings is 2. The second-order valence-corrected chi connectivity index (χ2v) is 7.92. The molecule has 10 nitrogen and oxygen atoms in total. The molecule has 4 aromatic rings. The van der Waals surface area contributed by atoms with Crippen molar-refractivity contribution < 1.29 is 28.4 Å². The summed E-state index contributed by atoms with van der Waals surface area (Å²) in [7, 11) is 9.22. The molecule has 0 fully saturated rings. The van der Waals surface area contributed by atoms with Crippen LogP contribution in [0, 0.1) is 0 Å². The van der Waals surface area contributed by atoms with Crippen molar-refractivity contribution in [2.45, 2.75) is 0 Å². The molecule has 4 rings (SSSR count). The average Bonchev–Trinajstić information content (AvgIpc) is 3.41. The predicted molar refractivity (Wildman–Crippen MR) is 127 cm³/mol. The molecule has 0 spiro atoms. The topological polar surface area (TPSA) is 103 Å². The van der Waals surface area contributed by atoms with Crippen LogP contribution in [0.1, 0.15) is 5.56 Å². The molecule has 0 N–H and O–H groups in total. The molecule has 0 saturated carbocycles. The standard InChI is InChI=1S/C23H23N3O7S/c1-28-14-11-16(30-3)15(29-2)7-12(14)10-19-22(27)26-23(34-19)24-21(25-26)13-8-17(31-4)20(33-6)18(9-13)32-5/h7-11H,1-6H3/b19-10-. The molecule has 0 aliphatic heterocycles. The summed E-state index contributed by atoms with van der Waals surface area (Å²) in [4.78, 5) is 18.1. The summed E-state index contributed by atoms with van der Waals surface area (Å²) in [5.74, 6) is 3.33. The van der Waals surface area contributed by atoms with Gasteiger partial charge in [-0.1, -0.05) is 11.3 Å². The van der Waals surface area contributed by atoms with Gasteiger partial charge in [-0.3, -0.25) is 4.79 Å². The van der Waals surface area contributed by atoms with E-state index in [0.717, 1.165) is 0 Å². The minimum atomic E-state index is -0.303. The van der Waals surface area contributed by atoms with Gasteiger partial charge in [-0.05, 0) is 24.3 Å². The van der Waals surface area contributed by atoms with Gasteiger partial charge in [0.15, 0.2) is 28.8 Å². The smallest absolute Gasteiger partial charge is 0.291 e. The van der Waals surface area contributed by atoms with E-state index in [4.69, 9.17) is 28.4 Å². The monoisotopic (exact) mass is 485 g/mol. The minimum Gasteiger partial charge on any atom is -0.496 e. The van der Waals surface area contributed by atoms with E-state index < -0.39 is 0 Å². The molecule has 0 aliphatic rings. The van der Waals surface area contributed by atoms with Crippen LogP contribution in [0.5, 0.6) is 34.5 Å². The van der Waals surface area contributed by atoms with Gasteiger partial charge in [0.05, 0.1) is 47.2 Å². The predicted octanol–water partition coefficient (Wildman–Crippen LogP) is 2.42. The Kier molecular flexibility index (Phi) is 6.46. The summed E-state index contributed by atoms with van der Waals surface area (Å²) in [6.45, 7) is 0. The van der Waals surface area contributed by atoms with E-state index in [1.165, 1.54) is 37.2 Å². The van der Waals surface area contributed by atoms with Crippen molar-refractivity contribution in [1.29, 1.82) is 0 Å². The Morgan fingerprint density at radius 3 is 1.88 bits per heavy atom. The van der Waals surface area contributed by atoms with Gasteiger partial charge < -0.3 is 28.4 Å². The maximum atomic E-state index is 13.1. The molecule has 0 amide bonds. The molecule has 0 saturated heterocycles. The Morgan fingerprint density at radius 2 is 1.35 bits per heavy atom. The molecule has 34 heavy (non-hydrogen) atoms. The van der Waals surface area contributed by atoms with Crippen LogP contribution in [0.25, 0.3) is 22.4 Å². The zero-order chi connectivity index (χ0) is 24.4. The first kappa shape index (κ1) is 23.2. The number of nitrogens with zero attached hydrogens (tertiary/aromatic N) is 3. The van der Waals surface area contributed by atoms with Crippen LogP contribution in [0.3, 0.4) is 0 Å². The maximum absolute atomic E-state index is 13.1. The average molecular weight is 486 g/mol. The molecule has 0 unspecified atom stereocenters. The fourth-order valence-electron chi connectivity index (χ4n) is 3.47. The van der Waals surface area contributed by atoms with E-state index in [0.29, 0.717) is 60.9 Å². The quantitative estimate of drug-likeness (QED) is 0.372. The summed E-state index contributed by atoms with van der Waals surface area (Å²) in [5, 5.41) is 4.41. The van der Waals surface area contributed by atoms with Gasteiger partial charge in [0.1, 0.15) is 5.75 Å². The Hall–Kier alpha value is -3.99. The first-order chi connectivity index (χ1) is 16.5. The lowest BCUT2D eigenvalue weighted by molar-refractivity contribution is 0.324. The number of hydrogen-bond acceptors (Lipinski definition) is 10. The number of hydrogen-bond donors (Lipinski definition) is 0. The molecule has 0 bridgehead atoms. The third-order valence-corrected chi connectivity index (χ3v) is 6.09. The second-order valence-electron chi connectivity index (χ2n) is 6.91. The van der Waals surface area contributed by atoms with Crippen molar-refractivity contribution in [1.82, 2.24) is 14.6 Å². The number of thiazole rings is 1. The zero-order valence-electron chi connectivity index (χ0n) is 19.5. The van der Waals surface area contributed by atoms with Crippen molar-refractivity contribution in [3.05, 3.63) is 44.7 Å². The van der Waals surface area contributed by atoms with E-state index in [1.54, 1.807) is 51.7 Å². The Balaban J connectivity index is 1.82. The van der Waals surface area contributed by atoms with Crippen LogP contribution in [0.2, 0.25) is 0 Å². The number of rotatable bonds is 8. The molecule has 0 aliphatic carbocycles. The largest absolute Gasteiger partial charge is 0.496 e. The van der Waals surface area contributed by atoms with E-state index in [1.807, 2.05) is 0 Å². The highest BCUT2D eigenvalue weighted by atomic mass is 32.1. The lowest BCUT2D eigenvalue weighted by Gasteiger charge is -2.12. The van der Waals surface area contributed by atoms with Crippen LogP contribution in [-0.2, 0) is 0 Å². The molecule has 2 aromatic carbocycles. The highest BCUT2D eigenvalue weighted by Gasteiger charge is 2.18. The van der Waals surface area contributed by atoms with Crippen LogP contribution in [-0.4, -0.2) is 57.3 Å². The van der Waals surface area contributed by atoms with Crippen molar-refractivity contribution in [3.63, 3.8) is 0 Å². The van der Waals surface area contributed by atoms with Crippen LogP contribution in [0.4, 0.5) is 0 Å². The van der Waals surface area contributed by atoms with Crippen LogP contribution in [0.15, 0.2) is 29.1 Å². The third-order valence-electron chi connectivity index (χ3n) is 5.13. The lowest BCUT2D eigenvalue weighted by atomic mass is 10.1. The molecule has 2 heterocycles. The number of aromatic nitrogens is 3. The van der Waals surface area contributed by atoms with E-state index >= 15 is 0 Å². The van der Waals surface area contributed by atoms with Gasteiger partial charge in [-0.25, -0.2) is 0 Å². The fraction of sp³-hybridized carbons (Fsp3) is 0.261. The Bertz CT molecular complexity index is 1440. The minimum absolute atomic E-state index is 0.303. The molecule has 178 valence electrons. The van der Waals surface area contributed by atoms with Crippen molar-refractivity contribution >= 4 is 22.4 Å². The SMILES string of the molecule is COc1cc(OC)c(OC)cc1/C=c1\sc2nc(-c3cc(OC)c(OC)c(OC)c3)nn2c1=O. The van der Waals surface area contributed by atoms with Crippen LogP contribution >= 0.6 is 11.3 Å². The van der Waals surface area contributed by atoms with E-state index in [2.05, 4.69) is 10.1 Å². The lowest BCUT2D eigenvalue weighted by Crippen LogP contribution is -2.23. The first-order valence-corrected chi connectivity index (χ1v) is 10.8. The number of fused-ring (bicyclic) bond motifs is 1. The third kappa shape index (κ3) is 3.94. The fourth-order valence-corrected chi connectivity index (χ4v) is 4.37. The highest BCUT2D eigenvalue weighted by molar-refractivity contribution is 7.15. The molecular weight excluding hydrogens is 462 g/mol. The van der Waals surface area contributed by atoms with Crippen molar-refractivity contribution in [2.75, 3.05) is 42.7 Å². The highest BCUT2D eigenvalue weighted by Crippen LogP contribution is 2.40. The van der Waals surface area contributed by atoms with Crippen LogP contribution < -0.4 is 38.5 Å².